The van der Waals surface area contributed by atoms with Crippen molar-refractivity contribution in [1.29, 1.82) is 0 Å². The predicted molar refractivity (Wildman–Crippen MR) is 74.0 cm³/mol. The van der Waals surface area contributed by atoms with Crippen molar-refractivity contribution in [2.75, 3.05) is 5.32 Å². The number of anilines is 1. The van der Waals surface area contributed by atoms with E-state index >= 15 is 0 Å². The first kappa shape index (κ1) is 12.5. The van der Waals surface area contributed by atoms with Crippen molar-refractivity contribution >= 4 is 49.9 Å². The van der Waals surface area contributed by atoms with Crippen molar-refractivity contribution in [1.82, 2.24) is 4.98 Å². The SMILES string of the molecule is Cc1cc(Cl)ccc1C(=O)Nc1ncc(Br)s1. The number of nitrogens with zero attached hydrogens (tertiary/aromatic N) is 1. The van der Waals surface area contributed by atoms with Gasteiger partial charge in [0.25, 0.3) is 5.91 Å². The number of hydrogen-bond acceptors (Lipinski definition) is 3. The van der Waals surface area contributed by atoms with Crippen molar-refractivity contribution < 1.29 is 4.79 Å². The number of rotatable bonds is 2. The minimum atomic E-state index is -0.180. The van der Waals surface area contributed by atoms with Gasteiger partial charge in [0, 0.05) is 10.6 Å². The average Bonchev–Trinajstić information content (AvgIpc) is 2.63. The van der Waals surface area contributed by atoms with Gasteiger partial charge in [0.15, 0.2) is 5.13 Å². The van der Waals surface area contributed by atoms with Gasteiger partial charge in [-0.2, -0.15) is 0 Å². The highest BCUT2D eigenvalue weighted by molar-refractivity contribution is 9.11. The van der Waals surface area contributed by atoms with E-state index in [-0.39, 0.29) is 5.91 Å². The fourth-order valence-electron chi connectivity index (χ4n) is 1.36. The summed E-state index contributed by atoms with van der Waals surface area (Å²) in [6, 6.07) is 5.16. The Hall–Kier alpha value is -0.910. The number of halogens is 2. The summed E-state index contributed by atoms with van der Waals surface area (Å²) in [5, 5.41) is 3.92. The molecular weight excluding hydrogens is 324 g/mol. The number of amides is 1. The lowest BCUT2D eigenvalue weighted by Gasteiger charge is -2.05. The summed E-state index contributed by atoms with van der Waals surface area (Å²) in [4.78, 5) is 16.0. The van der Waals surface area contributed by atoms with Crippen molar-refractivity contribution in [3.05, 3.63) is 44.3 Å². The maximum Gasteiger partial charge on any atom is 0.257 e. The highest BCUT2D eigenvalue weighted by Gasteiger charge is 2.11. The van der Waals surface area contributed by atoms with E-state index in [0.29, 0.717) is 15.7 Å². The molecule has 0 unspecified atom stereocenters. The third-order valence-corrected chi connectivity index (χ3v) is 3.76. The standard InChI is InChI=1S/C11H8BrClN2OS/c1-6-4-7(13)2-3-8(6)10(16)15-11-14-5-9(12)17-11/h2-5H,1H3,(H,14,15,16). The zero-order valence-electron chi connectivity index (χ0n) is 8.83. The Morgan fingerprint density at radius 2 is 2.29 bits per heavy atom. The van der Waals surface area contributed by atoms with E-state index < -0.39 is 0 Å². The molecule has 88 valence electrons. The summed E-state index contributed by atoms with van der Waals surface area (Å²) in [6.07, 6.45) is 1.65. The highest BCUT2D eigenvalue weighted by atomic mass is 79.9. The van der Waals surface area contributed by atoms with Crippen LogP contribution < -0.4 is 5.32 Å². The first-order chi connectivity index (χ1) is 8.06. The molecule has 0 bridgehead atoms. The van der Waals surface area contributed by atoms with Gasteiger partial charge < -0.3 is 0 Å². The molecule has 1 aromatic heterocycles. The molecule has 0 spiro atoms. The maximum absolute atomic E-state index is 12.0. The predicted octanol–water partition coefficient (Wildman–Crippen LogP) is 4.12. The van der Waals surface area contributed by atoms with Crippen molar-refractivity contribution in [3.8, 4) is 0 Å². The number of aryl methyl sites for hydroxylation is 1. The van der Waals surface area contributed by atoms with E-state index in [1.807, 2.05) is 6.92 Å². The van der Waals surface area contributed by atoms with Crippen LogP contribution in [0.1, 0.15) is 15.9 Å². The van der Waals surface area contributed by atoms with Crippen LogP contribution in [0.15, 0.2) is 28.2 Å². The maximum atomic E-state index is 12.0. The second-order valence-electron chi connectivity index (χ2n) is 3.38. The van der Waals surface area contributed by atoms with Gasteiger partial charge >= 0.3 is 0 Å². The van der Waals surface area contributed by atoms with E-state index in [2.05, 4.69) is 26.2 Å². The van der Waals surface area contributed by atoms with Crippen molar-refractivity contribution in [2.24, 2.45) is 0 Å². The molecule has 1 amide bonds. The molecule has 1 aromatic carbocycles. The number of carbonyl (C=O) groups is 1. The summed E-state index contributed by atoms with van der Waals surface area (Å²) in [5.74, 6) is -0.180. The highest BCUT2D eigenvalue weighted by Crippen LogP contribution is 2.24. The Kier molecular flexibility index (Phi) is 3.81. The lowest BCUT2D eigenvalue weighted by molar-refractivity contribution is 0.102. The zero-order valence-corrected chi connectivity index (χ0v) is 12.0. The zero-order chi connectivity index (χ0) is 12.4. The quantitative estimate of drug-likeness (QED) is 0.899. The minimum Gasteiger partial charge on any atom is -0.298 e. The van der Waals surface area contributed by atoms with E-state index in [4.69, 9.17) is 11.6 Å². The third kappa shape index (κ3) is 3.06. The first-order valence-corrected chi connectivity index (χ1v) is 6.74. The van der Waals surface area contributed by atoms with Gasteiger partial charge in [-0.1, -0.05) is 22.9 Å². The Labute approximate surface area is 116 Å². The number of carbonyl (C=O) groups excluding carboxylic acids is 1. The number of thiazole rings is 1. The van der Waals surface area contributed by atoms with E-state index in [1.165, 1.54) is 11.3 Å². The van der Waals surface area contributed by atoms with Crippen molar-refractivity contribution in [2.45, 2.75) is 6.92 Å². The van der Waals surface area contributed by atoms with Crippen LogP contribution in [0.2, 0.25) is 5.02 Å². The number of aromatic nitrogens is 1. The summed E-state index contributed by atoms with van der Waals surface area (Å²) < 4.78 is 0.876. The van der Waals surface area contributed by atoms with Crippen LogP contribution in [-0.2, 0) is 0 Å². The third-order valence-electron chi connectivity index (χ3n) is 2.13. The topological polar surface area (TPSA) is 42.0 Å². The normalized spacial score (nSPS) is 10.3. The average molecular weight is 332 g/mol. The molecule has 0 saturated heterocycles. The van der Waals surface area contributed by atoms with E-state index in [0.717, 1.165) is 9.35 Å². The second kappa shape index (κ2) is 5.16. The van der Waals surface area contributed by atoms with Gasteiger partial charge in [-0.25, -0.2) is 4.98 Å². The fraction of sp³-hybridized carbons (Fsp3) is 0.0909. The van der Waals surface area contributed by atoms with E-state index in [9.17, 15) is 4.79 Å². The molecule has 0 aliphatic heterocycles. The molecule has 3 nitrogen and oxygen atoms in total. The molecule has 0 aliphatic rings. The van der Waals surface area contributed by atoms with Crippen LogP contribution >= 0.6 is 38.9 Å². The van der Waals surface area contributed by atoms with Gasteiger partial charge in [0.1, 0.15) is 0 Å². The summed E-state index contributed by atoms with van der Waals surface area (Å²) >= 11 is 10.5. The molecule has 0 atom stereocenters. The van der Waals surface area contributed by atoms with Crippen LogP contribution in [0.5, 0.6) is 0 Å². The summed E-state index contributed by atoms with van der Waals surface area (Å²) in [6.45, 7) is 1.85. The van der Waals surface area contributed by atoms with Crippen LogP contribution in [0.4, 0.5) is 5.13 Å². The van der Waals surface area contributed by atoms with Crippen LogP contribution in [-0.4, -0.2) is 10.9 Å². The molecule has 0 fully saturated rings. The first-order valence-electron chi connectivity index (χ1n) is 4.75. The lowest BCUT2D eigenvalue weighted by Crippen LogP contribution is -2.12. The largest absolute Gasteiger partial charge is 0.298 e. The molecule has 0 radical (unpaired) electrons. The Balaban J connectivity index is 2.20. The van der Waals surface area contributed by atoms with Crippen LogP contribution in [0.3, 0.4) is 0 Å². The Morgan fingerprint density at radius 1 is 1.53 bits per heavy atom. The molecule has 0 saturated carbocycles. The van der Waals surface area contributed by atoms with Crippen molar-refractivity contribution in [3.63, 3.8) is 0 Å². The molecule has 6 heteroatoms. The Morgan fingerprint density at radius 3 is 2.88 bits per heavy atom. The lowest BCUT2D eigenvalue weighted by atomic mass is 10.1. The van der Waals surface area contributed by atoms with Gasteiger partial charge in [-0.05, 0) is 46.6 Å². The second-order valence-corrected chi connectivity index (χ2v) is 6.23. The van der Waals surface area contributed by atoms with Gasteiger partial charge in [-0.15, -0.1) is 0 Å². The van der Waals surface area contributed by atoms with Crippen LogP contribution in [0, 0.1) is 6.92 Å². The molecule has 17 heavy (non-hydrogen) atoms. The fourth-order valence-corrected chi connectivity index (χ4v) is 2.69. The number of nitrogens with one attached hydrogen (secondary N) is 1. The Bertz CT molecular complexity index is 570. The number of benzene rings is 1. The van der Waals surface area contributed by atoms with Gasteiger partial charge in [0.05, 0.1) is 9.98 Å². The van der Waals surface area contributed by atoms with Gasteiger partial charge in [0.2, 0.25) is 0 Å². The molecule has 0 aliphatic carbocycles. The van der Waals surface area contributed by atoms with Crippen LogP contribution in [0.25, 0.3) is 0 Å². The van der Waals surface area contributed by atoms with E-state index in [1.54, 1.807) is 24.4 Å². The molecular formula is C11H8BrClN2OS. The smallest absolute Gasteiger partial charge is 0.257 e. The summed E-state index contributed by atoms with van der Waals surface area (Å²) in [5.41, 5.74) is 1.44. The monoisotopic (exact) mass is 330 g/mol. The molecule has 2 rings (SSSR count). The molecule has 1 heterocycles. The molecule has 2 aromatic rings. The van der Waals surface area contributed by atoms with Gasteiger partial charge in [-0.3, -0.25) is 10.1 Å². The number of hydrogen-bond donors (Lipinski definition) is 1. The summed E-state index contributed by atoms with van der Waals surface area (Å²) in [7, 11) is 0. The molecule has 1 N–H and O–H groups in total. The minimum absolute atomic E-state index is 0.180.